The maximum absolute atomic E-state index is 12.6. The number of benzene rings is 2. The standard InChI is InChI=1S/C21H23N3O3S2/c25-20(13-22-29(26,27)15-16-7-2-1-3-8-16)24-12-6-9-17(14-24)21-23-18-10-4-5-11-19(18)28-21/h1-5,7-8,10-11,17,22H,6,9,12-15H2/t17-/m1/s1. The second-order valence-corrected chi connectivity index (χ2v) is 10.1. The summed E-state index contributed by atoms with van der Waals surface area (Å²) in [5.41, 5.74) is 1.69. The smallest absolute Gasteiger partial charge is 0.237 e. The molecule has 1 saturated heterocycles. The Morgan fingerprint density at radius 3 is 2.69 bits per heavy atom. The van der Waals surface area contributed by atoms with Crippen LogP contribution in [0.15, 0.2) is 54.6 Å². The van der Waals surface area contributed by atoms with E-state index in [1.807, 2.05) is 24.3 Å². The monoisotopic (exact) mass is 429 g/mol. The van der Waals surface area contributed by atoms with Crippen LogP contribution in [-0.4, -0.2) is 43.8 Å². The Hall–Kier alpha value is -2.29. The molecule has 1 amide bonds. The Morgan fingerprint density at radius 2 is 1.90 bits per heavy atom. The maximum atomic E-state index is 12.6. The minimum Gasteiger partial charge on any atom is -0.341 e. The molecule has 8 heteroatoms. The molecular formula is C21H23N3O3S2. The number of nitrogens with one attached hydrogen (secondary N) is 1. The number of fused-ring (bicyclic) bond motifs is 1. The van der Waals surface area contributed by atoms with Gasteiger partial charge in [0.2, 0.25) is 15.9 Å². The van der Waals surface area contributed by atoms with Crippen molar-refractivity contribution in [1.82, 2.24) is 14.6 Å². The molecule has 3 aromatic rings. The molecule has 4 rings (SSSR count). The molecule has 6 nitrogen and oxygen atoms in total. The van der Waals surface area contributed by atoms with Crippen molar-refractivity contribution in [2.45, 2.75) is 24.5 Å². The van der Waals surface area contributed by atoms with Crippen molar-refractivity contribution in [1.29, 1.82) is 0 Å². The Labute approximate surface area is 174 Å². The Morgan fingerprint density at radius 1 is 1.14 bits per heavy atom. The average molecular weight is 430 g/mol. The van der Waals surface area contributed by atoms with Gasteiger partial charge in [-0.05, 0) is 30.5 Å². The second-order valence-electron chi connectivity index (χ2n) is 7.26. The molecule has 0 spiro atoms. The van der Waals surface area contributed by atoms with Crippen molar-refractivity contribution in [3.8, 4) is 0 Å². The molecule has 1 N–H and O–H groups in total. The highest BCUT2D eigenvalue weighted by Crippen LogP contribution is 2.32. The van der Waals surface area contributed by atoms with Gasteiger partial charge in [0.15, 0.2) is 0 Å². The summed E-state index contributed by atoms with van der Waals surface area (Å²) < 4.78 is 28.2. The third kappa shape index (κ3) is 5.01. The first-order valence-electron chi connectivity index (χ1n) is 9.65. The van der Waals surface area contributed by atoms with Gasteiger partial charge in [0.25, 0.3) is 0 Å². The Balaban J connectivity index is 1.36. The van der Waals surface area contributed by atoms with E-state index in [-0.39, 0.29) is 24.1 Å². The lowest BCUT2D eigenvalue weighted by Crippen LogP contribution is -2.44. The molecule has 29 heavy (non-hydrogen) atoms. The number of rotatable bonds is 6. The van der Waals surface area contributed by atoms with Crippen molar-refractivity contribution < 1.29 is 13.2 Å². The van der Waals surface area contributed by atoms with E-state index in [0.29, 0.717) is 18.7 Å². The number of carbonyl (C=O) groups excluding carboxylic acids is 1. The molecule has 2 heterocycles. The van der Waals surface area contributed by atoms with E-state index < -0.39 is 10.0 Å². The minimum atomic E-state index is -3.56. The van der Waals surface area contributed by atoms with Gasteiger partial charge in [-0.2, -0.15) is 0 Å². The van der Waals surface area contributed by atoms with Crippen LogP contribution in [-0.2, 0) is 20.6 Å². The molecule has 0 bridgehead atoms. The van der Waals surface area contributed by atoms with Crippen molar-refractivity contribution in [3.63, 3.8) is 0 Å². The van der Waals surface area contributed by atoms with Crippen LogP contribution in [0, 0.1) is 0 Å². The highest BCUT2D eigenvalue weighted by molar-refractivity contribution is 7.88. The van der Waals surface area contributed by atoms with E-state index >= 15 is 0 Å². The summed E-state index contributed by atoms with van der Waals surface area (Å²) in [5.74, 6) is -0.117. The number of hydrogen-bond donors (Lipinski definition) is 1. The average Bonchev–Trinajstić information content (AvgIpc) is 3.17. The number of carbonyl (C=O) groups is 1. The molecule has 0 unspecified atom stereocenters. The molecular weight excluding hydrogens is 406 g/mol. The lowest BCUT2D eigenvalue weighted by Gasteiger charge is -2.31. The summed E-state index contributed by atoms with van der Waals surface area (Å²) >= 11 is 1.68. The highest BCUT2D eigenvalue weighted by atomic mass is 32.2. The minimum absolute atomic E-state index is 0.130. The van der Waals surface area contributed by atoms with Gasteiger partial charge in [-0.15, -0.1) is 11.3 Å². The third-order valence-corrected chi connectivity index (χ3v) is 7.57. The molecule has 2 aromatic carbocycles. The van der Waals surface area contributed by atoms with Crippen molar-refractivity contribution in [3.05, 3.63) is 65.2 Å². The molecule has 1 aliphatic heterocycles. The molecule has 0 aliphatic carbocycles. The van der Waals surface area contributed by atoms with Crippen molar-refractivity contribution in [2.75, 3.05) is 19.6 Å². The van der Waals surface area contributed by atoms with Crippen molar-refractivity contribution in [2.24, 2.45) is 0 Å². The summed E-state index contributed by atoms with van der Waals surface area (Å²) in [6, 6.07) is 17.0. The van der Waals surface area contributed by atoms with Gasteiger partial charge in [0, 0.05) is 19.0 Å². The molecule has 152 valence electrons. The molecule has 0 radical (unpaired) electrons. The number of aromatic nitrogens is 1. The summed E-state index contributed by atoms with van der Waals surface area (Å²) in [7, 11) is -3.56. The van der Waals surface area contributed by atoms with Crippen LogP contribution in [0.4, 0.5) is 0 Å². The SMILES string of the molecule is O=C(CNS(=O)(=O)Cc1ccccc1)N1CCC[C@@H](c2nc3ccccc3s2)C1. The van der Waals surface area contributed by atoms with Crippen LogP contribution < -0.4 is 4.72 Å². The predicted octanol–water partition coefficient (Wildman–Crippen LogP) is 3.12. The lowest BCUT2D eigenvalue weighted by atomic mass is 9.98. The summed E-state index contributed by atoms with van der Waals surface area (Å²) in [6.45, 7) is 1.03. The van der Waals surface area contributed by atoms with Crippen LogP contribution >= 0.6 is 11.3 Å². The zero-order valence-electron chi connectivity index (χ0n) is 16.0. The number of nitrogens with zero attached hydrogens (tertiary/aromatic N) is 2. The predicted molar refractivity (Wildman–Crippen MR) is 115 cm³/mol. The molecule has 1 fully saturated rings. The summed E-state index contributed by atoms with van der Waals surface area (Å²) in [6.07, 6.45) is 1.88. The van der Waals surface area contributed by atoms with Crippen LogP contribution in [0.5, 0.6) is 0 Å². The van der Waals surface area contributed by atoms with Gasteiger partial charge in [-0.3, -0.25) is 4.79 Å². The van der Waals surface area contributed by atoms with Crippen molar-refractivity contribution >= 4 is 37.5 Å². The van der Waals surface area contributed by atoms with Gasteiger partial charge < -0.3 is 4.90 Å². The number of para-hydroxylation sites is 1. The highest BCUT2D eigenvalue weighted by Gasteiger charge is 2.27. The summed E-state index contributed by atoms with van der Waals surface area (Å²) in [4.78, 5) is 19.1. The third-order valence-electron chi connectivity index (χ3n) is 5.08. The number of piperidine rings is 1. The van der Waals surface area contributed by atoms with E-state index in [1.165, 1.54) is 0 Å². The maximum Gasteiger partial charge on any atom is 0.237 e. The normalized spacial score (nSPS) is 17.5. The number of thiazole rings is 1. The fraction of sp³-hybridized carbons (Fsp3) is 0.333. The van der Waals surface area contributed by atoms with E-state index in [1.54, 1.807) is 40.5 Å². The second kappa shape index (κ2) is 8.61. The largest absolute Gasteiger partial charge is 0.341 e. The van der Waals surface area contributed by atoms with Crippen LogP contribution in [0.2, 0.25) is 0 Å². The van der Waals surface area contributed by atoms with E-state index in [0.717, 1.165) is 28.1 Å². The lowest BCUT2D eigenvalue weighted by molar-refractivity contribution is -0.131. The zero-order chi connectivity index (χ0) is 20.3. The Bertz CT molecular complexity index is 1060. The van der Waals surface area contributed by atoms with Crippen LogP contribution in [0.3, 0.4) is 0 Å². The zero-order valence-corrected chi connectivity index (χ0v) is 17.6. The van der Waals surface area contributed by atoms with Gasteiger partial charge >= 0.3 is 0 Å². The fourth-order valence-electron chi connectivity index (χ4n) is 3.60. The first kappa shape index (κ1) is 20.0. The fourth-order valence-corrected chi connectivity index (χ4v) is 5.77. The van der Waals surface area contributed by atoms with Gasteiger partial charge in [-0.1, -0.05) is 42.5 Å². The van der Waals surface area contributed by atoms with Gasteiger partial charge in [0.05, 0.1) is 27.5 Å². The van der Waals surface area contributed by atoms with Gasteiger partial charge in [0.1, 0.15) is 0 Å². The van der Waals surface area contributed by atoms with Crippen LogP contribution in [0.1, 0.15) is 29.3 Å². The Kier molecular flexibility index (Phi) is 5.94. The number of likely N-dealkylation sites (tertiary alicyclic amines) is 1. The van der Waals surface area contributed by atoms with Gasteiger partial charge in [-0.25, -0.2) is 18.1 Å². The van der Waals surface area contributed by atoms with E-state index in [9.17, 15) is 13.2 Å². The number of sulfonamides is 1. The van der Waals surface area contributed by atoms with E-state index in [4.69, 9.17) is 4.98 Å². The summed E-state index contributed by atoms with van der Waals surface area (Å²) in [5, 5.41) is 1.05. The number of hydrogen-bond acceptors (Lipinski definition) is 5. The molecule has 1 aliphatic rings. The quantitative estimate of drug-likeness (QED) is 0.653. The number of amides is 1. The first-order chi connectivity index (χ1) is 14.0. The van der Waals surface area contributed by atoms with E-state index in [2.05, 4.69) is 10.8 Å². The molecule has 1 atom stereocenters. The van der Waals surface area contributed by atoms with Crippen LogP contribution in [0.25, 0.3) is 10.2 Å². The first-order valence-corrected chi connectivity index (χ1v) is 12.1. The molecule has 0 saturated carbocycles. The molecule has 1 aromatic heterocycles. The topological polar surface area (TPSA) is 79.4 Å².